The molecule has 0 fully saturated rings. The van der Waals surface area contributed by atoms with Crippen LogP contribution in [0.4, 0.5) is 0 Å². The van der Waals surface area contributed by atoms with Gasteiger partial charge in [0.05, 0.1) is 12.2 Å². The van der Waals surface area contributed by atoms with Crippen molar-refractivity contribution >= 4 is 5.97 Å². The highest BCUT2D eigenvalue weighted by Crippen LogP contribution is 2.14. The number of aromatic nitrogens is 2. The molecule has 1 N–H and O–H groups in total. The first-order valence-corrected chi connectivity index (χ1v) is 4.48. The van der Waals surface area contributed by atoms with Gasteiger partial charge in [-0.3, -0.25) is 4.68 Å². The second-order valence-electron chi connectivity index (χ2n) is 3.39. The Balaban J connectivity index is 3.11. The number of nitrogens with zero attached hydrogens (tertiary/aromatic N) is 2. The maximum absolute atomic E-state index is 10.8. The average Bonchev–Trinajstić information content (AvgIpc) is 2.49. The van der Waals surface area contributed by atoms with Crippen LogP contribution in [0.25, 0.3) is 0 Å². The molecule has 0 saturated heterocycles. The lowest BCUT2D eigenvalue weighted by molar-refractivity contribution is 0.0684. The highest BCUT2D eigenvalue weighted by atomic mass is 16.4. The third kappa shape index (κ3) is 2.02. The normalized spacial score (nSPS) is 10.5. The second-order valence-corrected chi connectivity index (χ2v) is 3.39. The monoisotopic (exact) mass is 194 g/mol. The number of hydrogen-bond acceptors (Lipinski definition) is 2. The van der Waals surface area contributed by atoms with Crippen molar-refractivity contribution in [3.8, 4) is 0 Å². The van der Waals surface area contributed by atoms with Gasteiger partial charge in [0, 0.05) is 0 Å². The minimum atomic E-state index is -0.953. The molecule has 0 unspecified atom stereocenters. The molecule has 0 aliphatic rings. The second kappa shape index (κ2) is 4.09. The van der Waals surface area contributed by atoms with Crippen molar-refractivity contribution in [2.24, 2.45) is 0 Å². The summed E-state index contributed by atoms with van der Waals surface area (Å²) in [5, 5.41) is 13.1. The van der Waals surface area contributed by atoms with Crippen molar-refractivity contribution in [1.82, 2.24) is 9.78 Å². The van der Waals surface area contributed by atoms with Crippen LogP contribution >= 0.6 is 0 Å². The third-order valence-corrected chi connectivity index (χ3v) is 1.91. The summed E-state index contributed by atoms with van der Waals surface area (Å²) >= 11 is 0. The first kappa shape index (κ1) is 10.5. The highest BCUT2D eigenvalue weighted by Gasteiger charge is 2.14. The molecule has 1 aromatic rings. The van der Waals surface area contributed by atoms with Crippen LogP contribution < -0.4 is 0 Å². The smallest absolute Gasteiger partial charge is 0.354 e. The molecule has 0 amide bonds. The summed E-state index contributed by atoms with van der Waals surface area (Å²) < 4.78 is 1.45. The Morgan fingerprint density at radius 3 is 2.86 bits per heavy atom. The van der Waals surface area contributed by atoms with Gasteiger partial charge < -0.3 is 5.11 Å². The van der Waals surface area contributed by atoms with Crippen LogP contribution in [0.15, 0.2) is 18.7 Å². The Kier molecular flexibility index (Phi) is 3.06. The molecule has 0 aliphatic heterocycles. The van der Waals surface area contributed by atoms with Crippen LogP contribution in [0.1, 0.15) is 35.9 Å². The van der Waals surface area contributed by atoms with E-state index in [4.69, 9.17) is 5.11 Å². The number of aromatic carboxylic acids is 1. The summed E-state index contributed by atoms with van der Waals surface area (Å²) in [6.45, 7) is 7.94. The summed E-state index contributed by atoms with van der Waals surface area (Å²) in [5.41, 5.74) is 1.01. The molecule has 0 atom stereocenters. The molecule has 0 aliphatic carbocycles. The zero-order valence-electron chi connectivity index (χ0n) is 8.40. The van der Waals surface area contributed by atoms with Crippen molar-refractivity contribution in [2.75, 3.05) is 0 Å². The van der Waals surface area contributed by atoms with Crippen LogP contribution in [0.5, 0.6) is 0 Å². The maximum Gasteiger partial charge on any atom is 0.354 e. The van der Waals surface area contributed by atoms with E-state index in [9.17, 15) is 4.79 Å². The van der Waals surface area contributed by atoms with Crippen molar-refractivity contribution < 1.29 is 9.90 Å². The average molecular weight is 194 g/mol. The lowest BCUT2D eigenvalue weighted by atomic mass is 10.1. The van der Waals surface area contributed by atoms with Gasteiger partial charge in [0.2, 0.25) is 0 Å². The quantitative estimate of drug-likeness (QED) is 0.744. The van der Waals surface area contributed by atoms with Gasteiger partial charge in [-0.15, -0.1) is 6.58 Å². The molecule has 0 bridgehead atoms. The summed E-state index contributed by atoms with van der Waals surface area (Å²) in [6.07, 6.45) is 1.63. The molecule has 0 radical (unpaired) electrons. The summed E-state index contributed by atoms with van der Waals surface area (Å²) in [4.78, 5) is 10.8. The fourth-order valence-electron chi connectivity index (χ4n) is 1.15. The van der Waals surface area contributed by atoms with E-state index in [2.05, 4.69) is 11.7 Å². The number of carboxylic acids is 1. The molecule has 14 heavy (non-hydrogen) atoms. The number of carboxylic acid groups (broad SMARTS) is 1. The zero-order chi connectivity index (χ0) is 10.7. The van der Waals surface area contributed by atoms with Gasteiger partial charge in [-0.25, -0.2) is 4.79 Å². The fraction of sp³-hybridized carbons (Fsp3) is 0.400. The van der Waals surface area contributed by atoms with Gasteiger partial charge in [0.1, 0.15) is 5.69 Å². The maximum atomic E-state index is 10.8. The zero-order valence-corrected chi connectivity index (χ0v) is 8.40. The molecule has 1 rings (SSSR count). The fourth-order valence-corrected chi connectivity index (χ4v) is 1.15. The molecular weight excluding hydrogens is 180 g/mol. The SMILES string of the molecule is C=CCn1nc(C(C)C)cc1C(=O)O. The van der Waals surface area contributed by atoms with Gasteiger partial charge >= 0.3 is 5.97 Å². The van der Waals surface area contributed by atoms with Gasteiger partial charge in [0.25, 0.3) is 0 Å². The summed E-state index contributed by atoms with van der Waals surface area (Å²) in [7, 11) is 0. The minimum Gasteiger partial charge on any atom is -0.477 e. The van der Waals surface area contributed by atoms with Crippen LogP contribution in [-0.2, 0) is 6.54 Å². The highest BCUT2D eigenvalue weighted by molar-refractivity contribution is 5.85. The van der Waals surface area contributed by atoms with Crippen LogP contribution in [-0.4, -0.2) is 20.9 Å². The Bertz CT molecular complexity index is 353. The first-order valence-electron chi connectivity index (χ1n) is 4.48. The van der Waals surface area contributed by atoms with Crippen LogP contribution in [0.2, 0.25) is 0 Å². The van der Waals surface area contributed by atoms with Gasteiger partial charge in [-0.05, 0) is 12.0 Å². The largest absolute Gasteiger partial charge is 0.477 e. The summed E-state index contributed by atoms with van der Waals surface area (Å²) in [6, 6.07) is 1.61. The van der Waals surface area contributed by atoms with E-state index in [0.717, 1.165) is 5.69 Å². The first-order chi connectivity index (χ1) is 6.56. The number of carbonyl (C=O) groups is 1. The standard InChI is InChI=1S/C10H14N2O2/c1-4-5-12-9(10(13)14)6-8(11-12)7(2)3/h4,6-7H,1,5H2,2-3H3,(H,13,14). The van der Waals surface area contributed by atoms with Crippen LogP contribution in [0.3, 0.4) is 0 Å². The van der Waals surface area contributed by atoms with E-state index < -0.39 is 5.97 Å². The predicted octanol–water partition coefficient (Wildman–Crippen LogP) is 1.89. The Labute approximate surface area is 82.9 Å². The van der Waals surface area contributed by atoms with Crippen molar-refractivity contribution in [3.63, 3.8) is 0 Å². The Morgan fingerprint density at radius 2 is 2.43 bits per heavy atom. The number of allylic oxidation sites excluding steroid dienone is 1. The molecule has 76 valence electrons. The van der Waals surface area contributed by atoms with Crippen LogP contribution in [0, 0.1) is 0 Å². The Hall–Kier alpha value is -1.58. The van der Waals surface area contributed by atoms with Crippen molar-refractivity contribution in [2.45, 2.75) is 26.3 Å². The molecule has 1 aromatic heterocycles. The lowest BCUT2D eigenvalue weighted by Gasteiger charge is -1.99. The van der Waals surface area contributed by atoms with E-state index in [0.29, 0.717) is 6.54 Å². The number of rotatable bonds is 4. The Morgan fingerprint density at radius 1 is 1.79 bits per heavy atom. The molecule has 1 heterocycles. The van der Waals surface area contributed by atoms with E-state index in [-0.39, 0.29) is 11.6 Å². The molecule has 4 heteroatoms. The molecule has 0 saturated carbocycles. The molecule has 4 nitrogen and oxygen atoms in total. The topological polar surface area (TPSA) is 55.1 Å². The van der Waals surface area contributed by atoms with Gasteiger partial charge in [-0.2, -0.15) is 5.10 Å². The van der Waals surface area contributed by atoms with Crippen molar-refractivity contribution in [1.29, 1.82) is 0 Å². The summed E-state index contributed by atoms with van der Waals surface area (Å²) in [5.74, 6) is -0.717. The van der Waals surface area contributed by atoms with E-state index in [1.54, 1.807) is 12.1 Å². The van der Waals surface area contributed by atoms with Gasteiger partial charge in [0.15, 0.2) is 0 Å². The van der Waals surface area contributed by atoms with Crippen molar-refractivity contribution in [3.05, 3.63) is 30.1 Å². The number of hydrogen-bond donors (Lipinski definition) is 1. The third-order valence-electron chi connectivity index (χ3n) is 1.91. The minimum absolute atomic E-state index is 0.216. The molecule has 0 spiro atoms. The predicted molar refractivity (Wildman–Crippen MR) is 53.5 cm³/mol. The van der Waals surface area contributed by atoms with Gasteiger partial charge in [-0.1, -0.05) is 19.9 Å². The van der Waals surface area contributed by atoms with E-state index in [1.165, 1.54) is 4.68 Å². The molecule has 0 aromatic carbocycles. The van der Waals surface area contributed by atoms with E-state index in [1.807, 2.05) is 13.8 Å². The molecular formula is C10H14N2O2. The lowest BCUT2D eigenvalue weighted by Crippen LogP contribution is -2.08. The van der Waals surface area contributed by atoms with E-state index >= 15 is 0 Å².